The Balaban J connectivity index is 0.000000561. The first-order valence-corrected chi connectivity index (χ1v) is 9.30. The topological polar surface area (TPSA) is 150 Å². The Morgan fingerprint density at radius 2 is 1.67 bits per heavy atom. The summed E-state index contributed by atoms with van der Waals surface area (Å²) in [5, 5.41) is 15.6. The highest BCUT2D eigenvalue weighted by Gasteiger charge is 2.23. The van der Waals surface area contributed by atoms with E-state index in [9.17, 15) is 18.0 Å². The molecule has 1 saturated heterocycles. The minimum absolute atomic E-state index is 0.0252. The highest BCUT2D eigenvalue weighted by atomic mass is 32.2. The molecule has 1 aliphatic heterocycles. The van der Waals surface area contributed by atoms with Crippen molar-refractivity contribution in [1.82, 2.24) is 9.62 Å². The summed E-state index contributed by atoms with van der Waals surface area (Å²) >= 11 is 0. The minimum Gasteiger partial charge on any atom is -0.478 e. The van der Waals surface area contributed by atoms with Gasteiger partial charge >= 0.3 is 11.9 Å². The SMILES string of the molecule is CC(C)N1CCC(NS(=O)(=O)CCN)CC1.O=C(O)C=CC(=O)O. The van der Waals surface area contributed by atoms with Crippen LogP contribution in [0.25, 0.3) is 0 Å². The maximum Gasteiger partial charge on any atom is 0.328 e. The molecule has 5 N–H and O–H groups in total. The van der Waals surface area contributed by atoms with E-state index < -0.39 is 22.0 Å². The van der Waals surface area contributed by atoms with Gasteiger partial charge in [0.1, 0.15) is 0 Å². The summed E-state index contributed by atoms with van der Waals surface area (Å²) in [5.74, 6) is -2.49. The molecule has 0 unspecified atom stereocenters. The van der Waals surface area contributed by atoms with Gasteiger partial charge in [0, 0.05) is 30.8 Å². The molecule has 0 saturated carbocycles. The number of piperidine rings is 1. The van der Waals surface area contributed by atoms with Gasteiger partial charge in [-0.3, -0.25) is 0 Å². The van der Waals surface area contributed by atoms with Crippen LogP contribution >= 0.6 is 0 Å². The second kappa shape index (κ2) is 11.1. The minimum atomic E-state index is -3.16. The van der Waals surface area contributed by atoms with E-state index >= 15 is 0 Å². The van der Waals surface area contributed by atoms with Crippen LogP contribution in [0.2, 0.25) is 0 Å². The number of nitrogens with zero attached hydrogens (tertiary/aromatic N) is 1. The van der Waals surface area contributed by atoms with Crippen LogP contribution in [-0.2, 0) is 19.6 Å². The van der Waals surface area contributed by atoms with Crippen molar-refractivity contribution in [2.24, 2.45) is 5.73 Å². The lowest BCUT2D eigenvalue weighted by molar-refractivity contribution is -0.134. The molecule has 24 heavy (non-hydrogen) atoms. The average molecular weight is 365 g/mol. The summed E-state index contributed by atoms with van der Waals surface area (Å²) in [7, 11) is -3.16. The molecule has 0 bridgehead atoms. The van der Waals surface area contributed by atoms with E-state index in [0.717, 1.165) is 25.9 Å². The van der Waals surface area contributed by atoms with Crippen LogP contribution in [0.4, 0.5) is 0 Å². The number of nitrogens with two attached hydrogens (primary N) is 1. The fourth-order valence-corrected chi connectivity index (χ4v) is 3.32. The first kappa shape index (κ1) is 22.5. The van der Waals surface area contributed by atoms with Gasteiger partial charge in [0.2, 0.25) is 10.0 Å². The van der Waals surface area contributed by atoms with Crippen LogP contribution in [0.3, 0.4) is 0 Å². The summed E-state index contributed by atoms with van der Waals surface area (Å²) in [6, 6.07) is 0.633. The fourth-order valence-electron chi connectivity index (χ4n) is 2.14. The van der Waals surface area contributed by atoms with E-state index in [1.54, 1.807) is 0 Å². The maximum absolute atomic E-state index is 11.5. The lowest BCUT2D eigenvalue weighted by Gasteiger charge is -2.34. The number of likely N-dealkylation sites (tertiary alicyclic amines) is 1. The molecular weight excluding hydrogens is 338 g/mol. The van der Waals surface area contributed by atoms with Crippen LogP contribution in [0.5, 0.6) is 0 Å². The van der Waals surface area contributed by atoms with Crippen molar-refractivity contribution in [2.45, 2.75) is 38.8 Å². The zero-order valence-electron chi connectivity index (χ0n) is 14.0. The Morgan fingerprint density at radius 1 is 1.21 bits per heavy atom. The van der Waals surface area contributed by atoms with Gasteiger partial charge < -0.3 is 20.8 Å². The molecule has 0 aromatic heterocycles. The standard InChI is InChI=1S/C10H23N3O2S.C4H4O4/c1-9(2)13-6-3-10(4-7-13)12-16(14,15)8-5-11;5-3(6)1-2-4(7)8/h9-10,12H,3-8,11H2,1-2H3;1-2H,(H,5,6)(H,7,8). The number of carbonyl (C=O) groups is 2. The van der Waals surface area contributed by atoms with Gasteiger partial charge in [-0.15, -0.1) is 0 Å². The van der Waals surface area contributed by atoms with Gasteiger partial charge in [0.05, 0.1) is 5.75 Å². The lowest BCUT2D eigenvalue weighted by atomic mass is 10.1. The van der Waals surface area contributed by atoms with Gasteiger partial charge in [-0.25, -0.2) is 22.7 Å². The maximum atomic E-state index is 11.5. The van der Waals surface area contributed by atoms with Crippen molar-refractivity contribution >= 4 is 22.0 Å². The molecule has 0 spiro atoms. The molecular formula is C14H27N3O6S. The lowest BCUT2D eigenvalue weighted by Crippen LogP contribution is -2.47. The molecule has 0 atom stereocenters. The van der Waals surface area contributed by atoms with Crippen LogP contribution < -0.4 is 10.5 Å². The van der Waals surface area contributed by atoms with E-state index in [0.29, 0.717) is 18.2 Å². The molecule has 0 amide bonds. The van der Waals surface area contributed by atoms with Crippen LogP contribution in [-0.4, -0.2) is 72.9 Å². The Kier molecular flexibility index (Phi) is 10.4. The smallest absolute Gasteiger partial charge is 0.328 e. The van der Waals surface area contributed by atoms with Crippen LogP contribution in [0.1, 0.15) is 26.7 Å². The third-order valence-electron chi connectivity index (χ3n) is 3.36. The van der Waals surface area contributed by atoms with Crippen molar-refractivity contribution in [3.63, 3.8) is 0 Å². The molecule has 10 heteroatoms. The molecule has 1 rings (SSSR count). The summed E-state index contributed by atoms with van der Waals surface area (Å²) in [6.45, 7) is 6.44. The van der Waals surface area contributed by atoms with Crippen LogP contribution in [0.15, 0.2) is 12.2 Å². The normalized spacial score (nSPS) is 16.8. The van der Waals surface area contributed by atoms with E-state index in [1.807, 2.05) is 0 Å². The third kappa shape index (κ3) is 11.1. The van der Waals surface area contributed by atoms with Crippen molar-refractivity contribution < 1.29 is 28.2 Å². The molecule has 9 nitrogen and oxygen atoms in total. The largest absolute Gasteiger partial charge is 0.478 e. The van der Waals surface area contributed by atoms with Crippen molar-refractivity contribution in [1.29, 1.82) is 0 Å². The molecule has 1 fully saturated rings. The summed E-state index contributed by atoms with van der Waals surface area (Å²) in [4.78, 5) is 21.5. The predicted molar refractivity (Wildman–Crippen MR) is 90.1 cm³/mol. The Bertz CT molecular complexity index is 509. The van der Waals surface area contributed by atoms with Crippen molar-refractivity contribution in [3.8, 4) is 0 Å². The zero-order chi connectivity index (χ0) is 18.8. The number of hydrogen-bond donors (Lipinski definition) is 4. The Morgan fingerprint density at radius 3 is 2.00 bits per heavy atom. The Hall–Kier alpha value is -1.49. The van der Waals surface area contributed by atoms with Crippen molar-refractivity contribution in [3.05, 3.63) is 12.2 Å². The first-order valence-electron chi connectivity index (χ1n) is 7.65. The number of carboxylic acids is 2. The van der Waals surface area contributed by atoms with E-state index in [2.05, 4.69) is 23.5 Å². The highest BCUT2D eigenvalue weighted by molar-refractivity contribution is 7.89. The summed E-state index contributed by atoms with van der Waals surface area (Å²) in [5.41, 5.74) is 5.25. The Labute approximate surface area is 142 Å². The number of carboxylic acid groups (broad SMARTS) is 2. The number of sulfonamides is 1. The molecule has 0 radical (unpaired) electrons. The predicted octanol–water partition coefficient (Wildman–Crippen LogP) is -0.551. The number of nitrogens with one attached hydrogen (secondary N) is 1. The van der Waals surface area contributed by atoms with Gasteiger partial charge in [-0.05, 0) is 39.8 Å². The van der Waals surface area contributed by atoms with E-state index in [-0.39, 0.29) is 18.3 Å². The van der Waals surface area contributed by atoms with Gasteiger partial charge in [-0.2, -0.15) is 0 Å². The monoisotopic (exact) mass is 365 g/mol. The molecule has 0 aromatic rings. The quantitative estimate of drug-likeness (QED) is 0.439. The fraction of sp³-hybridized carbons (Fsp3) is 0.714. The second-order valence-electron chi connectivity index (χ2n) is 5.64. The van der Waals surface area contributed by atoms with Crippen molar-refractivity contribution in [2.75, 3.05) is 25.4 Å². The second-order valence-corrected chi connectivity index (χ2v) is 7.51. The number of aliphatic carboxylic acids is 2. The molecule has 0 aliphatic carbocycles. The van der Waals surface area contributed by atoms with Gasteiger partial charge in [0.15, 0.2) is 0 Å². The first-order chi connectivity index (χ1) is 11.1. The average Bonchev–Trinajstić information content (AvgIpc) is 2.45. The number of rotatable bonds is 7. The molecule has 1 heterocycles. The third-order valence-corrected chi connectivity index (χ3v) is 4.83. The van der Waals surface area contributed by atoms with Gasteiger partial charge in [0.25, 0.3) is 0 Å². The molecule has 1 aliphatic rings. The van der Waals surface area contributed by atoms with E-state index in [4.69, 9.17) is 15.9 Å². The van der Waals surface area contributed by atoms with Gasteiger partial charge in [-0.1, -0.05) is 0 Å². The zero-order valence-corrected chi connectivity index (χ0v) is 14.8. The van der Waals surface area contributed by atoms with E-state index in [1.165, 1.54) is 0 Å². The molecule has 0 aromatic carbocycles. The summed E-state index contributed by atoms with van der Waals surface area (Å²) < 4.78 is 25.7. The molecule has 140 valence electrons. The van der Waals surface area contributed by atoms with Crippen LogP contribution in [0, 0.1) is 0 Å². The highest BCUT2D eigenvalue weighted by Crippen LogP contribution is 2.13. The number of hydrogen-bond acceptors (Lipinski definition) is 6. The summed E-state index contributed by atoms with van der Waals surface area (Å²) in [6.07, 6.45) is 2.90.